The zero-order valence-electron chi connectivity index (χ0n) is 14.0. The van der Waals surface area contributed by atoms with Crippen molar-refractivity contribution in [2.45, 2.75) is 16.7 Å². The zero-order valence-corrected chi connectivity index (χ0v) is 16.4. The average molecular weight is 400 g/mol. The zero-order chi connectivity index (χ0) is 18.6. The second-order valence-electron chi connectivity index (χ2n) is 5.19. The van der Waals surface area contributed by atoms with Crippen LogP contribution in [-0.4, -0.2) is 34.3 Å². The second kappa shape index (κ2) is 8.12. The van der Waals surface area contributed by atoms with Gasteiger partial charge in [-0.1, -0.05) is 11.6 Å². The van der Waals surface area contributed by atoms with Crippen molar-refractivity contribution in [1.82, 2.24) is 0 Å². The minimum absolute atomic E-state index is 0.101. The lowest BCUT2D eigenvalue weighted by molar-refractivity contribution is -0.138. The fourth-order valence-corrected chi connectivity index (χ4v) is 4.36. The Balaban J connectivity index is 2.54. The molecule has 0 aliphatic carbocycles. The highest BCUT2D eigenvalue weighted by Crippen LogP contribution is 2.29. The van der Waals surface area contributed by atoms with Gasteiger partial charge in [0.05, 0.1) is 17.7 Å². The molecule has 2 rings (SSSR count). The van der Waals surface area contributed by atoms with Gasteiger partial charge in [0.25, 0.3) is 10.0 Å². The summed E-state index contributed by atoms with van der Waals surface area (Å²) in [5.74, 6) is -0.654. The van der Waals surface area contributed by atoms with E-state index in [1.54, 1.807) is 37.3 Å². The molecule has 0 N–H and O–H groups in total. The van der Waals surface area contributed by atoms with E-state index in [9.17, 15) is 13.2 Å². The highest BCUT2D eigenvalue weighted by Gasteiger charge is 2.28. The second-order valence-corrected chi connectivity index (χ2v) is 8.37. The van der Waals surface area contributed by atoms with Gasteiger partial charge in [0.15, 0.2) is 0 Å². The number of aryl methyl sites for hydroxylation is 1. The summed E-state index contributed by atoms with van der Waals surface area (Å²) in [6.45, 7) is 1.31. The van der Waals surface area contributed by atoms with Crippen molar-refractivity contribution < 1.29 is 17.9 Å². The van der Waals surface area contributed by atoms with E-state index in [-0.39, 0.29) is 4.90 Å². The maximum absolute atomic E-state index is 13.1. The van der Waals surface area contributed by atoms with Gasteiger partial charge in [-0.2, -0.15) is 0 Å². The summed E-state index contributed by atoms with van der Waals surface area (Å²) in [6, 6.07) is 11.3. The molecule has 0 saturated heterocycles. The van der Waals surface area contributed by atoms with E-state index in [0.29, 0.717) is 16.3 Å². The number of hydrogen-bond acceptors (Lipinski definition) is 5. The van der Waals surface area contributed by atoms with Gasteiger partial charge in [0, 0.05) is 9.92 Å². The average Bonchev–Trinajstić information content (AvgIpc) is 2.60. The third-order valence-electron chi connectivity index (χ3n) is 3.58. The number of carbonyl (C=O) groups excluding carboxylic acids is 1. The van der Waals surface area contributed by atoms with Gasteiger partial charge in [-0.25, -0.2) is 8.42 Å². The van der Waals surface area contributed by atoms with Gasteiger partial charge in [-0.05, 0) is 61.2 Å². The molecule has 0 aromatic heterocycles. The Hall–Kier alpha value is -1.70. The van der Waals surface area contributed by atoms with Crippen LogP contribution in [0.25, 0.3) is 0 Å². The van der Waals surface area contributed by atoms with Crippen LogP contribution in [0.1, 0.15) is 5.56 Å². The molecule has 0 radical (unpaired) electrons. The minimum atomic E-state index is -3.94. The molecule has 5 nitrogen and oxygen atoms in total. The van der Waals surface area contributed by atoms with Crippen LogP contribution in [0, 0.1) is 6.92 Å². The van der Waals surface area contributed by atoms with Crippen molar-refractivity contribution in [2.75, 3.05) is 24.2 Å². The molecule has 0 aliphatic heterocycles. The van der Waals surface area contributed by atoms with E-state index in [4.69, 9.17) is 11.6 Å². The normalized spacial score (nSPS) is 11.2. The van der Waals surface area contributed by atoms with Crippen LogP contribution in [0.15, 0.2) is 52.3 Å². The topological polar surface area (TPSA) is 63.7 Å². The lowest BCUT2D eigenvalue weighted by Crippen LogP contribution is -2.36. The maximum Gasteiger partial charge on any atom is 0.326 e. The summed E-state index contributed by atoms with van der Waals surface area (Å²) in [7, 11) is -2.72. The number of esters is 1. The predicted molar refractivity (Wildman–Crippen MR) is 101 cm³/mol. The van der Waals surface area contributed by atoms with Crippen LogP contribution in [-0.2, 0) is 19.6 Å². The number of carbonyl (C=O) groups is 1. The lowest BCUT2D eigenvalue weighted by Gasteiger charge is -2.25. The number of nitrogens with zero attached hydrogens (tertiary/aromatic N) is 1. The van der Waals surface area contributed by atoms with Crippen molar-refractivity contribution in [2.24, 2.45) is 0 Å². The molecule has 0 aliphatic rings. The van der Waals surface area contributed by atoms with Crippen LogP contribution < -0.4 is 4.31 Å². The largest absolute Gasteiger partial charge is 0.468 e. The SMILES string of the molecule is COC(=O)CN(c1ccc(Cl)cc1C)S(=O)(=O)c1ccc(SC)cc1. The van der Waals surface area contributed by atoms with E-state index in [1.807, 2.05) is 6.26 Å². The molecule has 0 saturated carbocycles. The van der Waals surface area contributed by atoms with Crippen LogP contribution in [0.5, 0.6) is 0 Å². The van der Waals surface area contributed by atoms with Crippen LogP contribution in [0.4, 0.5) is 5.69 Å². The molecular formula is C17H18ClNO4S2. The van der Waals surface area contributed by atoms with Gasteiger partial charge in [-0.3, -0.25) is 9.10 Å². The fraction of sp³-hybridized carbons (Fsp3) is 0.235. The molecule has 0 spiro atoms. The summed E-state index contributed by atoms with van der Waals surface area (Å²) in [5, 5.41) is 0.487. The first-order valence-corrected chi connectivity index (χ1v) is 10.3. The van der Waals surface area contributed by atoms with Gasteiger partial charge >= 0.3 is 5.97 Å². The third kappa shape index (κ3) is 4.48. The summed E-state index contributed by atoms with van der Waals surface area (Å²) in [6.07, 6.45) is 1.91. The molecule has 0 bridgehead atoms. The molecule has 134 valence electrons. The first-order valence-electron chi connectivity index (χ1n) is 7.29. The molecule has 8 heteroatoms. The number of thioether (sulfide) groups is 1. The highest BCUT2D eigenvalue weighted by molar-refractivity contribution is 7.98. The first-order chi connectivity index (χ1) is 11.8. The lowest BCUT2D eigenvalue weighted by atomic mass is 10.2. The number of rotatable bonds is 6. The number of ether oxygens (including phenoxy) is 1. The molecule has 0 amide bonds. The van der Waals surface area contributed by atoms with Crippen molar-refractivity contribution in [3.05, 3.63) is 53.1 Å². The van der Waals surface area contributed by atoms with Gasteiger partial charge in [-0.15, -0.1) is 11.8 Å². The van der Waals surface area contributed by atoms with Gasteiger partial charge in [0.2, 0.25) is 0 Å². The van der Waals surface area contributed by atoms with Crippen molar-refractivity contribution in [3.8, 4) is 0 Å². The third-order valence-corrected chi connectivity index (χ3v) is 6.33. The molecular weight excluding hydrogens is 382 g/mol. The Morgan fingerprint density at radius 2 is 1.84 bits per heavy atom. The fourth-order valence-electron chi connectivity index (χ4n) is 2.26. The molecule has 0 heterocycles. The number of methoxy groups -OCH3 is 1. The van der Waals surface area contributed by atoms with Crippen LogP contribution in [0.2, 0.25) is 5.02 Å². The monoisotopic (exact) mass is 399 g/mol. The maximum atomic E-state index is 13.1. The van der Waals surface area contributed by atoms with E-state index in [1.165, 1.54) is 31.0 Å². The van der Waals surface area contributed by atoms with Crippen molar-refractivity contribution in [3.63, 3.8) is 0 Å². The minimum Gasteiger partial charge on any atom is -0.468 e. The van der Waals surface area contributed by atoms with Crippen molar-refractivity contribution in [1.29, 1.82) is 0 Å². The van der Waals surface area contributed by atoms with E-state index in [2.05, 4.69) is 4.74 Å². The Morgan fingerprint density at radius 1 is 1.20 bits per heavy atom. The van der Waals surface area contributed by atoms with E-state index < -0.39 is 22.5 Å². The van der Waals surface area contributed by atoms with Crippen LogP contribution >= 0.6 is 23.4 Å². The smallest absolute Gasteiger partial charge is 0.326 e. The number of hydrogen-bond donors (Lipinski definition) is 0. The summed E-state index contributed by atoms with van der Waals surface area (Å²) < 4.78 is 31.9. The van der Waals surface area contributed by atoms with Gasteiger partial charge in [0.1, 0.15) is 6.54 Å². The summed E-state index contributed by atoms with van der Waals surface area (Å²) in [4.78, 5) is 12.8. The van der Waals surface area contributed by atoms with Crippen molar-refractivity contribution >= 4 is 45.0 Å². The summed E-state index contributed by atoms with van der Waals surface area (Å²) in [5.41, 5.74) is 1.02. The predicted octanol–water partition coefficient (Wildman–Crippen LogP) is 3.74. The first kappa shape index (κ1) is 19.6. The number of halogens is 1. The molecule has 2 aromatic carbocycles. The Bertz CT molecular complexity index is 867. The summed E-state index contributed by atoms with van der Waals surface area (Å²) >= 11 is 7.47. The molecule has 0 atom stereocenters. The molecule has 2 aromatic rings. The van der Waals surface area contributed by atoms with Crippen LogP contribution in [0.3, 0.4) is 0 Å². The number of sulfonamides is 1. The Labute approximate surface area is 157 Å². The molecule has 25 heavy (non-hydrogen) atoms. The number of anilines is 1. The molecule has 0 fully saturated rings. The van der Waals surface area contributed by atoms with E-state index in [0.717, 1.165) is 9.20 Å². The number of benzene rings is 2. The highest BCUT2D eigenvalue weighted by atomic mass is 35.5. The Kier molecular flexibility index (Phi) is 6.37. The Morgan fingerprint density at radius 3 is 2.36 bits per heavy atom. The van der Waals surface area contributed by atoms with E-state index >= 15 is 0 Å². The van der Waals surface area contributed by atoms with Gasteiger partial charge < -0.3 is 4.74 Å². The molecule has 0 unspecified atom stereocenters. The quantitative estimate of drug-likeness (QED) is 0.547. The standard InChI is InChI=1S/C17H18ClNO4S2/c1-12-10-13(18)4-9-16(12)19(11-17(20)23-2)25(21,22)15-7-5-14(24-3)6-8-15/h4-10H,11H2,1-3H3.